The molecule has 2 amide bonds. The van der Waals surface area contributed by atoms with Crippen molar-refractivity contribution in [3.05, 3.63) is 35.9 Å². The van der Waals surface area contributed by atoms with E-state index in [1.54, 1.807) is 0 Å². The molecule has 126 valence electrons. The smallest absolute Gasteiger partial charge is 0.317 e. The standard InChI is InChI=1S/C18H28N4O/c1-2-19-18(23)22-12-10-21(11-13-22)17-8-9-20(15-17)14-16-6-4-3-5-7-16/h3-7,17H,2,8-15H2,1H3,(H,19,23). The SMILES string of the molecule is CCNC(=O)N1CCN(C2CCN(Cc3ccccc3)C2)CC1. The zero-order chi connectivity index (χ0) is 16.1. The number of nitrogens with one attached hydrogen (secondary N) is 1. The third kappa shape index (κ3) is 4.24. The van der Waals surface area contributed by atoms with Crippen LogP contribution in [0.3, 0.4) is 0 Å². The van der Waals surface area contributed by atoms with Gasteiger partial charge in [0.1, 0.15) is 0 Å². The second kappa shape index (κ2) is 7.79. The van der Waals surface area contributed by atoms with Crippen LogP contribution >= 0.6 is 0 Å². The number of nitrogens with zero attached hydrogens (tertiary/aromatic N) is 3. The second-order valence-corrected chi connectivity index (χ2v) is 6.52. The number of carbonyl (C=O) groups is 1. The minimum Gasteiger partial charge on any atom is -0.338 e. The zero-order valence-electron chi connectivity index (χ0n) is 14.1. The van der Waals surface area contributed by atoms with Crippen LogP contribution in [0.4, 0.5) is 4.79 Å². The van der Waals surface area contributed by atoms with Crippen LogP contribution in [-0.2, 0) is 6.54 Å². The van der Waals surface area contributed by atoms with Gasteiger partial charge in [-0.25, -0.2) is 4.79 Å². The topological polar surface area (TPSA) is 38.8 Å². The van der Waals surface area contributed by atoms with E-state index in [4.69, 9.17) is 0 Å². The molecule has 1 aromatic carbocycles. The number of benzene rings is 1. The molecule has 0 aliphatic carbocycles. The Labute approximate surface area is 139 Å². The lowest BCUT2D eigenvalue weighted by molar-refractivity contribution is 0.109. The van der Waals surface area contributed by atoms with E-state index in [-0.39, 0.29) is 6.03 Å². The van der Waals surface area contributed by atoms with Crippen molar-refractivity contribution in [1.29, 1.82) is 0 Å². The monoisotopic (exact) mass is 316 g/mol. The van der Waals surface area contributed by atoms with Gasteiger partial charge in [0.25, 0.3) is 0 Å². The van der Waals surface area contributed by atoms with Crippen LogP contribution in [0.2, 0.25) is 0 Å². The number of likely N-dealkylation sites (tertiary alicyclic amines) is 1. The van der Waals surface area contributed by atoms with Crippen LogP contribution in [0.1, 0.15) is 18.9 Å². The average Bonchev–Trinajstić information content (AvgIpc) is 3.05. The lowest BCUT2D eigenvalue weighted by atomic mass is 10.2. The van der Waals surface area contributed by atoms with Crippen molar-refractivity contribution in [2.45, 2.75) is 25.9 Å². The average molecular weight is 316 g/mol. The highest BCUT2D eigenvalue weighted by Gasteiger charge is 2.30. The van der Waals surface area contributed by atoms with E-state index in [2.05, 4.69) is 45.4 Å². The molecule has 1 aromatic rings. The second-order valence-electron chi connectivity index (χ2n) is 6.52. The normalized spacial score (nSPS) is 23.2. The first-order valence-corrected chi connectivity index (χ1v) is 8.79. The maximum absolute atomic E-state index is 11.9. The van der Waals surface area contributed by atoms with Gasteiger partial charge in [0.2, 0.25) is 0 Å². The van der Waals surface area contributed by atoms with Gasteiger partial charge >= 0.3 is 6.03 Å². The Morgan fingerprint density at radius 1 is 1.13 bits per heavy atom. The van der Waals surface area contributed by atoms with Crippen LogP contribution in [0, 0.1) is 0 Å². The molecule has 0 aromatic heterocycles. The highest BCUT2D eigenvalue weighted by atomic mass is 16.2. The minimum atomic E-state index is 0.0873. The molecular formula is C18H28N4O. The lowest BCUT2D eigenvalue weighted by Crippen LogP contribution is -2.54. The maximum atomic E-state index is 11.9. The Bertz CT molecular complexity index is 499. The van der Waals surface area contributed by atoms with Gasteiger partial charge in [-0.1, -0.05) is 30.3 Å². The first-order valence-electron chi connectivity index (χ1n) is 8.79. The lowest BCUT2D eigenvalue weighted by Gasteiger charge is -2.38. The third-order valence-electron chi connectivity index (χ3n) is 4.94. The summed E-state index contributed by atoms with van der Waals surface area (Å²) >= 11 is 0. The Morgan fingerprint density at radius 3 is 2.57 bits per heavy atom. The van der Waals surface area contributed by atoms with Gasteiger partial charge in [-0.15, -0.1) is 0 Å². The maximum Gasteiger partial charge on any atom is 0.317 e. The molecular weight excluding hydrogens is 288 g/mol. The molecule has 0 bridgehead atoms. The molecule has 2 fully saturated rings. The van der Waals surface area contributed by atoms with Crippen molar-refractivity contribution >= 4 is 6.03 Å². The molecule has 1 atom stereocenters. The van der Waals surface area contributed by atoms with E-state index in [1.165, 1.54) is 18.5 Å². The summed E-state index contributed by atoms with van der Waals surface area (Å²) in [6.07, 6.45) is 1.24. The highest BCUT2D eigenvalue weighted by molar-refractivity contribution is 5.74. The van der Waals surface area contributed by atoms with E-state index in [9.17, 15) is 4.79 Å². The van der Waals surface area contributed by atoms with Gasteiger partial charge < -0.3 is 10.2 Å². The molecule has 3 rings (SSSR count). The van der Waals surface area contributed by atoms with Crippen LogP contribution in [-0.4, -0.2) is 72.6 Å². The van der Waals surface area contributed by atoms with E-state index < -0.39 is 0 Å². The van der Waals surface area contributed by atoms with Crippen LogP contribution < -0.4 is 5.32 Å². The van der Waals surface area contributed by atoms with Crippen molar-refractivity contribution in [1.82, 2.24) is 20.0 Å². The van der Waals surface area contributed by atoms with E-state index in [1.807, 2.05) is 11.8 Å². The Kier molecular flexibility index (Phi) is 5.51. The first kappa shape index (κ1) is 16.3. The summed E-state index contributed by atoms with van der Waals surface area (Å²) in [6, 6.07) is 11.5. The first-order chi connectivity index (χ1) is 11.3. The molecule has 2 heterocycles. The molecule has 2 saturated heterocycles. The molecule has 5 heteroatoms. The summed E-state index contributed by atoms with van der Waals surface area (Å²) in [5, 5.41) is 2.89. The highest BCUT2D eigenvalue weighted by Crippen LogP contribution is 2.19. The zero-order valence-corrected chi connectivity index (χ0v) is 14.1. The Balaban J connectivity index is 1.44. The van der Waals surface area contributed by atoms with Gasteiger partial charge in [0, 0.05) is 58.4 Å². The predicted octanol–water partition coefficient (Wildman–Crippen LogP) is 1.61. The summed E-state index contributed by atoms with van der Waals surface area (Å²) in [7, 11) is 0. The van der Waals surface area contributed by atoms with Crippen LogP contribution in [0.15, 0.2) is 30.3 Å². The van der Waals surface area contributed by atoms with Crippen LogP contribution in [0.5, 0.6) is 0 Å². The van der Waals surface area contributed by atoms with Crippen molar-refractivity contribution in [2.24, 2.45) is 0 Å². The fraction of sp³-hybridized carbons (Fsp3) is 0.611. The summed E-state index contributed by atoms with van der Waals surface area (Å²) in [6.45, 7) is 9.75. The van der Waals surface area contributed by atoms with Gasteiger partial charge in [-0.05, 0) is 18.9 Å². The molecule has 0 saturated carbocycles. The molecule has 23 heavy (non-hydrogen) atoms. The van der Waals surface area contributed by atoms with Gasteiger partial charge in [-0.3, -0.25) is 9.80 Å². The molecule has 2 aliphatic rings. The number of amides is 2. The molecule has 5 nitrogen and oxygen atoms in total. The van der Waals surface area contributed by atoms with Crippen molar-refractivity contribution in [3.8, 4) is 0 Å². The summed E-state index contributed by atoms with van der Waals surface area (Å²) in [5.41, 5.74) is 1.40. The fourth-order valence-corrected chi connectivity index (χ4v) is 3.65. The summed E-state index contributed by atoms with van der Waals surface area (Å²) < 4.78 is 0. The van der Waals surface area contributed by atoms with Gasteiger partial charge in [0.15, 0.2) is 0 Å². The van der Waals surface area contributed by atoms with E-state index in [0.717, 1.165) is 39.3 Å². The predicted molar refractivity (Wildman–Crippen MR) is 92.3 cm³/mol. The summed E-state index contributed by atoms with van der Waals surface area (Å²) in [5.74, 6) is 0. The Morgan fingerprint density at radius 2 is 1.87 bits per heavy atom. The fourth-order valence-electron chi connectivity index (χ4n) is 3.65. The molecule has 2 aliphatic heterocycles. The van der Waals surface area contributed by atoms with Crippen molar-refractivity contribution in [2.75, 3.05) is 45.8 Å². The minimum absolute atomic E-state index is 0.0873. The molecule has 0 spiro atoms. The Hall–Kier alpha value is -1.59. The van der Waals surface area contributed by atoms with Gasteiger partial charge in [-0.2, -0.15) is 0 Å². The number of hydrogen-bond acceptors (Lipinski definition) is 3. The number of urea groups is 1. The quantitative estimate of drug-likeness (QED) is 0.917. The molecule has 1 N–H and O–H groups in total. The van der Waals surface area contributed by atoms with Gasteiger partial charge in [0.05, 0.1) is 0 Å². The molecule has 0 radical (unpaired) electrons. The van der Waals surface area contributed by atoms with Crippen molar-refractivity contribution in [3.63, 3.8) is 0 Å². The number of carbonyl (C=O) groups excluding carboxylic acids is 1. The molecule has 1 unspecified atom stereocenters. The van der Waals surface area contributed by atoms with E-state index in [0.29, 0.717) is 12.6 Å². The number of piperazine rings is 1. The summed E-state index contributed by atoms with van der Waals surface area (Å²) in [4.78, 5) is 18.9. The largest absolute Gasteiger partial charge is 0.338 e. The third-order valence-corrected chi connectivity index (χ3v) is 4.94. The van der Waals surface area contributed by atoms with Crippen LogP contribution in [0.25, 0.3) is 0 Å². The van der Waals surface area contributed by atoms with Crippen molar-refractivity contribution < 1.29 is 4.79 Å². The number of rotatable bonds is 4. The van der Waals surface area contributed by atoms with E-state index >= 15 is 0 Å². The number of hydrogen-bond donors (Lipinski definition) is 1.